The standard InChI is InChI=1S/C18H30N2O/c1-4-18(16-5-7-17(21)8-6-16)20(14(2)3)13-15-9-11-19-12-10-15/h5-8,14-15,18-19,21H,4,9-13H2,1-3H3. The van der Waals surface area contributed by atoms with Gasteiger partial charge in [0, 0.05) is 18.6 Å². The van der Waals surface area contributed by atoms with E-state index < -0.39 is 0 Å². The molecule has 1 aromatic carbocycles. The zero-order chi connectivity index (χ0) is 15.2. The van der Waals surface area contributed by atoms with Gasteiger partial charge in [-0.3, -0.25) is 4.90 Å². The van der Waals surface area contributed by atoms with E-state index >= 15 is 0 Å². The Balaban J connectivity index is 2.11. The number of benzene rings is 1. The monoisotopic (exact) mass is 290 g/mol. The summed E-state index contributed by atoms with van der Waals surface area (Å²) in [5.74, 6) is 1.16. The fraction of sp³-hybridized carbons (Fsp3) is 0.667. The highest BCUT2D eigenvalue weighted by molar-refractivity contribution is 5.28. The highest BCUT2D eigenvalue weighted by atomic mass is 16.3. The summed E-state index contributed by atoms with van der Waals surface area (Å²) in [5, 5.41) is 13.0. The normalized spacial score (nSPS) is 18.3. The van der Waals surface area contributed by atoms with Crippen LogP contribution in [0.15, 0.2) is 24.3 Å². The van der Waals surface area contributed by atoms with Crippen LogP contribution in [0.3, 0.4) is 0 Å². The largest absolute Gasteiger partial charge is 0.508 e. The van der Waals surface area contributed by atoms with Crippen molar-refractivity contribution in [2.24, 2.45) is 5.92 Å². The van der Waals surface area contributed by atoms with Crippen LogP contribution in [-0.2, 0) is 0 Å². The second-order valence-corrected chi connectivity index (χ2v) is 6.50. The SMILES string of the molecule is CCC(c1ccc(O)cc1)N(CC1CCNCC1)C(C)C. The molecule has 118 valence electrons. The minimum Gasteiger partial charge on any atom is -0.508 e. The first-order valence-corrected chi connectivity index (χ1v) is 8.37. The summed E-state index contributed by atoms with van der Waals surface area (Å²) in [6, 6.07) is 8.74. The molecule has 1 aliphatic rings. The van der Waals surface area contributed by atoms with Crippen molar-refractivity contribution in [2.75, 3.05) is 19.6 Å². The van der Waals surface area contributed by atoms with Gasteiger partial charge < -0.3 is 10.4 Å². The van der Waals surface area contributed by atoms with Crippen LogP contribution in [0.2, 0.25) is 0 Å². The van der Waals surface area contributed by atoms with Crippen molar-refractivity contribution >= 4 is 0 Å². The summed E-state index contributed by atoms with van der Waals surface area (Å²) in [7, 11) is 0. The van der Waals surface area contributed by atoms with Crippen LogP contribution >= 0.6 is 0 Å². The lowest BCUT2D eigenvalue weighted by Crippen LogP contribution is -2.41. The van der Waals surface area contributed by atoms with E-state index in [1.54, 1.807) is 12.1 Å². The average Bonchev–Trinajstić information content (AvgIpc) is 2.49. The van der Waals surface area contributed by atoms with Crippen LogP contribution in [-0.4, -0.2) is 35.7 Å². The smallest absolute Gasteiger partial charge is 0.115 e. The van der Waals surface area contributed by atoms with Gasteiger partial charge in [-0.1, -0.05) is 19.1 Å². The van der Waals surface area contributed by atoms with Gasteiger partial charge in [0.15, 0.2) is 0 Å². The molecule has 3 heteroatoms. The molecule has 1 unspecified atom stereocenters. The fourth-order valence-corrected chi connectivity index (χ4v) is 3.42. The van der Waals surface area contributed by atoms with Crippen molar-refractivity contribution in [3.05, 3.63) is 29.8 Å². The van der Waals surface area contributed by atoms with Crippen LogP contribution in [0.5, 0.6) is 5.75 Å². The molecule has 0 radical (unpaired) electrons. The number of rotatable bonds is 6. The predicted molar refractivity (Wildman–Crippen MR) is 88.6 cm³/mol. The fourth-order valence-electron chi connectivity index (χ4n) is 3.42. The number of nitrogens with one attached hydrogen (secondary N) is 1. The zero-order valence-electron chi connectivity index (χ0n) is 13.7. The number of hydrogen-bond acceptors (Lipinski definition) is 3. The van der Waals surface area contributed by atoms with Gasteiger partial charge >= 0.3 is 0 Å². The highest BCUT2D eigenvalue weighted by Crippen LogP contribution is 2.29. The molecule has 1 saturated heterocycles. The van der Waals surface area contributed by atoms with Crippen molar-refractivity contribution < 1.29 is 5.11 Å². The van der Waals surface area contributed by atoms with Gasteiger partial charge in [-0.15, -0.1) is 0 Å². The van der Waals surface area contributed by atoms with Crippen LogP contribution in [0, 0.1) is 5.92 Å². The summed E-state index contributed by atoms with van der Waals surface area (Å²) in [5.41, 5.74) is 1.32. The Morgan fingerprint density at radius 1 is 1.19 bits per heavy atom. The molecule has 1 fully saturated rings. The lowest BCUT2D eigenvalue weighted by Gasteiger charge is -2.38. The van der Waals surface area contributed by atoms with Gasteiger partial charge in [-0.25, -0.2) is 0 Å². The Hall–Kier alpha value is -1.06. The summed E-state index contributed by atoms with van der Waals surface area (Å²) in [6.45, 7) is 10.3. The van der Waals surface area contributed by atoms with Crippen molar-refractivity contribution in [1.29, 1.82) is 0 Å². The molecule has 1 aromatic rings. The summed E-state index contributed by atoms with van der Waals surface area (Å²) >= 11 is 0. The molecule has 0 aliphatic carbocycles. The van der Waals surface area contributed by atoms with E-state index in [0.717, 1.165) is 25.4 Å². The van der Waals surface area contributed by atoms with Crippen LogP contribution in [0.4, 0.5) is 0 Å². The first kappa shape index (κ1) is 16.3. The minimum atomic E-state index is 0.350. The molecule has 1 atom stereocenters. The Bertz CT molecular complexity index is 410. The summed E-state index contributed by atoms with van der Waals surface area (Å²) in [4.78, 5) is 2.64. The second-order valence-electron chi connectivity index (χ2n) is 6.50. The van der Waals surface area contributed by atoms with Crippen LogP contribution in [0.1, 0.15) is 51.6 Å². The zero-order valence-corrected chi connectivity index (χ0v) is 13.7. The molecule has 0 bridgehead atoms. The third-order valence-electron chi connectivity index (χ3n) is 4.66. The van der Waals surface area contributed by atoms with Gasteiger partial charge in [-0.05, 0) is 69.8 Å². The van der Waals surface area contributed by atoms with E-state index in [9.17, 15) is 5.11 Å². The first-order valence-electron chi connectivity index (χ1n) is 8.37. The maximum absolute atomic E-state index is 9.50. The molecule has 0 amide bonds. The predicted octanol–water partition coefficient (Wildman–Crippen LogP) is 3.55. The summed E-state index contributed by atoms with van der Waals surface area (Å²) in [6.07, 6.45) is 3.68. The van der Waals surface area contributed by atoms with Gasteiger partial charge in [0.2, 0.25) is 0 Å². The molecular weight excluding hydrogens is 260 g/mol. The van der Waals surface area contributed by atoms with Gasteiger partial charge in [-0.2, -0.15) is 0 Å². The topological polar surface area (TPSA) is 35.5 Å². The van der Waals surface area contributed by atoms with E-state index in [1.807, 2.05) is 0 Å². The van der Waals surface area contributed by atoms with E-state index in [2.05, 4.69) is 43.1 Å². The van der Waals surface area contributed by atoms with Crippen molar-refractivity contribution in [3.63, 3.8) is 0 Å². The van der Waals surface area contributed by atoms with Crippen molar-refractivity contribution in [2.45, 2.75) is 52.1 Å². The van der Waals surface area contributed by atoms with Gasteiger partial charge in [0.25, 0.3) is 0 Å². The first-order chi connectivity index (χ1) is 10.1. The molecule has 0 spiro atoms. The Labute approximate surface area is 129 Å². The minimum absolute atomic E-state index is 0.350. The molecule has 0 saturated carbocycles. The molecule has 21 heavy (non-hydrogen) atoms. The van der Waals surface area contributed by atoms with E-state index in [0.29, 0.717) is 17.8 Å². The molecule has 0 aromatic heterocycles. The van der Waals surface area contributed by atoms with Crippen molar-refractivity contribution in [1.82, 2.24) is 10.2 Å². The Kier molecular flexibility index (Phi) is 6.07. The number of nitrogens with zero attached hydrogens (tertiary/aromatic N) is 1. The van der Waals surface area contributed by atoms with Crippen LogP contribution < -0.4 is 5.32 Å². The number of phenolic OH excluding ortho intramolecular Hbond substituents is 1. The maximum atomic E-state index is 9.50. The molecular formula is C18H30N2O. The van der Waals surface area contributed by atoms with Crippen molar-refractivity contribution in [3.8, 4) is 5.75 Å². The van der Waals surface area contributed by atoms with E-state index in [-0.39, 0.29) is 0 Å². The van der Waals surface area contributed by atoms with E-state index in [1.165, 1.54) is 24.9 Å². The maximum Gasteiger partial charge on any atom is 0.115 e. The summed E-state index contributed by atoms with van der Waals surface area (Å²) < 4.78 is 0. The number of phenols is 1. The third-order valence-corrected chi connectivity index (χ3v) is 4.66. The molecule has 1 aliphatic heterocycles. The molecule has 2 rings (SSSR count). The van der Waals surface area contributed by atoms with Gasteiger partial charge in [0.05, 0.1) is 0 Å². The third kappa shape index (κ3) is 4.45. The lowest BCUT2D eigenvalue weighted by molar-refractivity contribution is 0.113. The number of aromatic hydroxyl groups is 1. The van der Waals surface area contributed by atoms with E-state index in [4.69, 9.17) is 0 Å². The van der Waals surface area contributed by atoms with Gasteiger partial charge in [0.1, 0.15) is 5.75 Å². The Morgan fingerprint density at radius 2 is 1.81 bits per heavy atom. The highest BCUT2D eigenvalue weighted by Gasteiger charge is 2.25. The lowest BCUT2D eigenvalue weighted by atomic mass is 9.94. The quantitative estimate of drug-likeness (QED) is 0.841. The number of hydrogen-bond donors (Lipinski definition) is 2. The van der Waals surface area contributed by atoms with Crippen LogP contribution in [0.25, 0.3) is 0 Å². The average molecular weight is 290 g/mol. The molecule has 1 heterocycles. The molecule has 2 N–H and O–H groups in total. The number of piperidine rings is 1. The molecule has 3 nitrogen and oxygen atoms in total. The Morgan fingerprint density at radius 3 is 2.33 bits per heavy atom. The second kappa shape index (κ2) is 7.81.